The number of alkyl halides is 3. The van der Waals surface area contributed by atoms with Crippen LogP contribution in [-0.2, 0) is 0 Å². The summed E-state index contributed by atoms with van der Waals surface area (Å²) in [7, 11) is 0. The van der Waals surface area contributed by atoms with Crippen molar-refractivity contribution in [3.8, 4) is 5.75 Å². The molecule has 0 spiro atoms. The largest absolute Gasteiger partial charge is 0.573 e. The summed E-state index contributed by atoms with van der Waals surface area (Å²) in [5.41, 5.74) is 3.25. The maximum absolute atomic E-state index is 12.2. The van der Waals surface area contributed by atoms with Crippen LogP contribution in [0.1, 0.15) is 23.5 Å². The van der Waals surface area contributed by atoms with Gasteiger partial charge in [0.05, 0.1) is 6.34 Å². The summed E-state index contributed by atoms with van der Waals surface area (Å²) in [6.07, 6.45) is -2.44. The van der Waals surface area contributed by atoms with Gasteiger partial charge < -0.3 is 20.7 Å². The first-order valence-electron chi connectivity index (χ1n) is 10.7. The lowest BCUT2D eigenvalue weighted by atomic mass is 10.1. The average molecular weight is 498 g/mol. The molecule has 0 amide bonds. The molecule has 4 rings (SSSR count). The molecule has 1 aliphatic carbocycles. The van der Waals surface area contributed by atoms with Gasteiger partial charge in [-0.25, -0.2) is 4.99 Å². The third-order valence-electron chi connectivity index (χ3n) is 5.26. The van der Waals surface area contributed by atoms with Gasteiger partial charge in [0, 0.05) is 28.9 Å². The number of aliphatic imine (C=N–C) groups is 1. The standard InChI is InChI=1S/C25H22F3N5OS/c26-25(27,28)34-20-12-10-18(11-13-20)30-15-31-23(29)17-8-6-16(7-9-17)21-14-22(21)33-24(35)32-19-4-2-1-3-5-19/h1-13,15,21-22H,14H2,(H2,29,30,31)(H2,32,33,35). The fourth-order valence-corrected chi connectivity index (χ4v) is 3.74. The number of hydrogen-bond acceptors (Lipinski definition) is 3. The summed E-state index contributed by atoms with van der Waals surface area (Å²) >= 11 is 5.39. The molecule has 10 heteroatoms. The molecule has 0 heterocycles. The Morgan fingerprint density at radius 3 is 2.31 bits per heavy atom. The van der Waals surface area contributed by atoms with Crippen LogP contribution < -0.4 is 20.7 Å². The number of thiocarbonyl (C=S) groups is 1. The van der Waals surface area contributed by atoms with E-state index in [1.54, 1.807) is 0 Å². The van der Waals surface area contributed by atoms with Gasteiger partial charge in [0.2, 0.25) is 0 Å². The lowest BCUT2D eigenvalue weighted by Gasteiger charge is -2.10. The minimum absolute atomic E-state index is 0.0554. The Hall–Kier alpha value is -3.92. The van der Waals surface area contributed by atoms with Gasteiger partial charge in [0.15, 0.2) is 10.9 Å². The van der Waals surface area contributed by atoms with Gasteiger partial charge in [-0.3, -0.25) is 5.41 Å². The third kappa shape index (κ3) is 7.28. The molecule has 0 radical (unpaired) electrons. The van der Waals surface area contributed by atoms with E-state index in [1.165, 1.54) is 30.6 Å². The summed E-state index contributed by atoms with van der Waals surface area (Å²) < 4.78 is 40.5. The summed E-state index contributed by atoms with van der Waals surface area (Å²) in [4.78, 5) is 4.05. The number of benzene rings is 3. The van der Waals surface area contributed by atoms with E-state index in [-0.39, 0.29) is 17.6 Å². The fourth-order valence-electron chi connectivity index (χ4n) is 3.47. The number of nitrogens with one attached hydrogen (secondary N) is 4. The molecule has 3 aromatic carbocycles. The van der Waals surface area contributed by atoms with E-state index in [4.69, 9.17) is 17.6 Å². The molecule has 3 aromatic rings. The van der Waals surface area contributed by atoms with Gasteiger partial charge >= 0.3 is 6.36 Å². The van der Waals surface area contributed by atoms with Crippen molar-refractivity contribution in [3.63, 3.8) is 0 Å². The van der Waals surface area contributed by atoms with Crippen molar-refractivity contribution in [1.29, 1.82) is 5.41 Å². The molecule has 1 fully saturated rings. The summed E-state index contributed by atoms with van der Waals surface area (Å²) in [6, 6.07) is 22.9. The van der Waals surface area contributed by atoms with E-state index in [0.29, 0.717) is 22.3 Å². The molecule has 0 aliphatic heterocycles. The van der Waals surface area contributed by atoms with E-state index in [2.05, 4.69) is 25.7 Å². The predicted molar refractivity (Wildman–Crippen MR) is 135 cm³/mol. The van der Waals surface area contributed by atoms with Crippen LogP contribution in [0.2, 0.25) is 0 Å². The monoisotopic (exact) mass is 497 g/mol. The van der Waals surface area contributed by atoms with Crippen LogP contribution in [0.3, 0.4) is 0 Å². The van der Waals surface area contributed by atoms with E-state index in [1.807, 2.05) is 54.6 Å². The highest BCUT2D eigenvalue weighted by Gasteiger charge is 2.38. The zero-order chi connectivity index (χ0) is 24.8. The fraction of sp³-hybridized carbons (Fsp3) is 0.160. The van der Waals surface area contributed by atoms with Gasteiger partial charge in [-0.2, -0.15) is 0 Å². The number of halogens is 3. The van der Waals surface area contributed by atoms with Crippen molar-refractivity contribution in [1.82, 2.24) is 5.32 Å². The molecule has 4 N–H and O–H groups in total. The number of nitrogens with zero attached hydrogens (tertiary/aromatic N) is 1. The Balaban J connectivity index is 1.24. The van der Waals surface area contributed by atoms with E-state index >= 15 is 0 Å². The Kier molecular flexibility index (Phi) is 7.31. The van der Waals surface area contributed by atoms with Crippen LogP contribution in [-0.4, -0.2) is 29.7 Å². The molecule has 0 saturated heterocycles. The minimum Gasteiger partial charge on any atom is -0.406 e. The molecule has 0 bridgehead atoms. The summed E-state index contributed by atoms with van der Waals surface area (Å²) in [6.45, 7) is 0. The van der Waals surface area contributed by atoms with Crippen molar-refractivity contribution >= 4 is 40.9 Å². The quantitative estimate of drug-likeness (QED) is 0.186. The van der Waals surface area contributed by atoms with Crippen molar-refractivity contribution in [3.05, 3.63) is 90.0 Å². The molecule has 2 unspecified atom stereocenters. The van der Waals surface area contributed by atoms with Gasteiger partial charge in [0.1, 0.15) is 5.75 Å². The average Bonchev–Trinajstić information content (AvgIpc) is 3.58. The molecule has 0 aromatic heterocycles. The Labute approximate surface area is 205 Å². The maximum Gasteiger partial charge on any atom is 0.573 e. The smallest absolute Gasteiger partial charge is 0.406 e. The number of amidine groups is 1. The molecular weight excluding hydrogens is 475 g/mol. The Bertz CT molecular complexity index is 1200. The number of ether oxygens (including phenoxy) is 1. The third-order valence-corrected chi connectivity index (χ3v) is 5.48. The second-order valence-corrected chi connectivity index (χ2v) is 8.27. The zero-order valence-electron chi connectivity index (χ0n) is 18.3. The molecule has 35 heavy (non-hydrogen) atoms. The highest BCUT2D eigenvalue weighted by molar-refractivity contribution is 7.80. The molecule has 6 nitrogen and oxygen atoms in total. The molecule has 2 atom stereocenters. The highest BCUT2D eigenvalue weighted by Crippen LogP contribution is 2.40. The van der Waals surface area contributed by atoms with Gasteiger partial charge in [0.25, 0.3) is 0 Å². The van der Waals surface area contributed by atoms with Crippen LogP contribution >= 0.6 is 12.2 Å². The molecule has 180 valence electrons. The summed E-state index contributed by atoms with van der Waals surface area (Å²) in [5.74, 6) is 0.0956. The van der Waals surface area contributed by atoms with E-state index < -0.39 is 6.36 Å². The van der Waals surface area contributed by atoms with Gasteiger partial charge in [-0.05, 0) is 60.6 Å². The first kappa shape index (κ1) is 24.2. The van der Waals surface area contributed by atoms with E-state index in [9.17, 15) is 13.2 Å². The molecule has 1 aliphatic rings. The second-order valence-electron chi connectivity index (χ2n) is 7.86. The van der Waals surface area contributed by atoms with Crippen molar-refractivity contribution < 1.29 is 17.9 Å². The van der Waals surface area contributed by atoms with Crippen LogP contribution in [0.4, 0.5) is 24.5 Å². The summed E-state index contributed by atoms with van der Waals surface area (Å²) in [5, 5.41) is 18.0. The van der Waals surface area contributed by atoms with Crippen LogP contribution in [0.25, 0.3) is 0 Å². The Morgan fingerprint density at radius 1 is 0.971 bits per heavy atom. The molecular formula is C25H22F3N5OS. The van der Waals surface area contributed by atoms with Crippen LogP contribution in [0.15, 0.2) is 83.9 Å². The van der Waals surface area contributed by atoms with E-state index in [0.717, 1.165) is 17.7 Å². The maximum atomic E-state index is 12.2. The minimum atomic E-state index is -4.73. The number of para-hydroxylation sites is 1. The highest BCUT2D eigenvalue weighted by atomic mass is 32.1. The lowest BCUT2D eigenvalue weighted by Crippen LogP contribution is -2.31. The van der Waals surface area contributed by atoms with Gasteiger partial charge in [-0.15, -0.1) is 13.2 Å². The number of anilines is 2. The molecule has 1 saturated carbocycles. The van der Waals surface area contributed by atoms with Crippen LogP contribution in [0.5, 0.6) is 5.75 Å². The first-order valence-corrected chi connectivity index (χ1v) is 11.1. The number of rotatable bonds is 7. The normalized spacial score (nSPS) is 17.0. The zero-order valence-corrected chi connectivity index (χ0v) is 19.2. The Morgan fingerprint density at radius 2 is 1.66 bits per heavy atom. The van der Waals surface area contributed by atoms with Crippen molar-refractivity contribution in [2.45, 2.75) is 24.7 Å². The first-order chi connectivity index (χ1) is 16.8. The second kappa shape index (κ2) is 10.6. The van der Waals surface area contributed by atoms with Gasteiger partial charge in [-0.1, -0.05) is 42.5 Å². The predicted octanol–water partition coefficient (Wildman–Crippen LogP) is 5.89. The van der Waals surface area contributed by atoms with Crippen molar-refractivity contribution in [2.24, 2.45) is 4.99 Å². The number of hydrogen-bond donors (Lipinski definition) is 4. The SMILES string of the molecule is N=C(/N=C\Nc1ccc(OC(F)(F)F)cc1)c1ccc(C2CC2NC(=S)Nc2ccccc2)cc1. The topological polar surface area (TPSA) is 81.5 Å². The van der Waals surface area contributed by atoms with Crippen LogP contribution in [0, 0.1) is 5.41 Å². The lowest BCUT2D eigenvalue weighted by molar-refractivity contribution is -0.274. The van der Waals surface area contributed by atoms with Crippen molar-refractivity contribution in [2.75, 3.05) is 10.6 Å².